The summed E-state index contributed by atoms with van der Waals surface area (Å²) in [5, 5.41) is 36.6. The summed E-state index contributed by atoms with van der Waals surface area (Å²) in [7, 11) is 0. The van der Waals surface area contributed by atoms with Crippen LogP contribution in [0, 0.1) is 5.92 Å². The molecule has 4 rings (SSSR count). The van der Waals surface area contributed by atoms with Crippen LogP contribution >= 0.6 is 23.5 Å². The van der Waals surface area contributed by atoms with Crippen LogP contribution in [0.3, 0.4) is 0 Å². The number of carbonyl (C=O) groups is 2. The predicted octanol–water partition coefficient (Wildman–Crippen LogP) is -4.51. The number of carbonyl (C=O) groups excluding carboxylic acids is 2. The van der Waals surface area contributed by atoms with E-state index in [0.717, 1.165) is 0 Å². The molecule has 2 aromatic rings. The van der Waals surface area contributed by atoms with E-state index in [1.54, 1.807) is 12.1 Å². The molecule has 0 bridgehead atoms. The molecule has 26 heavy (non-hydrogen) atoms. The first kappa shape index (κ1) is 19.6. The number of aliphatic hydroxyl groups is 1. The summed E-state index contributed by atoms with van der Waals surface area (Å²) in [4.78, 5) is 25.3. The number of tetrazole rings is 1. The number of rotatable bonds is 5. The van der Waals surface area contributed by atoms with Crippen molar-refractivity contribution in [3.63, 3.8) is 0 Å². The maximum absolute atomic E-state index is 12.1. The first-order valence-electron chi connectivity index (χ1n) is 7.28. The molecule has 0 radical (unpaired) electrons. The Hall–Kier alpha value is -1.18. The Labute approximate surface area is 177 Å². The Balaban J connectivity index is 0.00000196. The zero-order chi connectivity index (χ0) is 17.7. The minimum absolute atomic E-state index is 0. The van der Waals surface area contributed by atoms with Crippen LogP contribution in [0.15, 0.2) is 27.8 Å². The van der Waals surface area contributed by atoms with Crippen molar-refractivity contribution in [2.24, 2.45) is 5.92 Å². The normalized spacial score (nSPS) is 22.8. The van der Waals surface area contributed by atoms with E-state index >= 15 is 0 Å². The summed E-state index contributed by atoms with van der Waals surface area (Å²) in [6, 6.07) is 3.43. The van der Waals surface area contributed by atoms with Gasteiger partial charge in [0.05, 0.1) is 23.7 Å². The number of carboxylic acid groups (broad SMARTS) is 1. The molecule has 2 aromatic heterocycles. The molecule has 10 nitrogen and oxygen atoms in total. The molecule has 2 aliphatic rings. The Morgan fingerprint density at radius 1 is 1.50 bits per heavy atom. The van der Waals surface area contributed by atoms with Gasteiger partial charge in [-0.2, -0.15) is 0 Å². The van der Waals surface area contributed by atoms with Crippen LogP contribution in [-0.4, -0.2) is 64.4 Å². The molecule has 2 aliphatic heterocycles. The summed E-state index contributed by atoms with van der Waals surface area (Å²) < 4.78 is 1.28. The van der Waals surface area contributed by atoms with Crippen LogP contribution in [-0.2, 0) is 9.59 Å². The number of aliphatic carboxylic acids is 1. The number of β-lactam (4-membered cyclic amide) rings is 1. The van der Waals surface area contributed by atoms with Gasteiger partial charge in [-0.25, -0.2) is 0 Å². The average Bonchev–Trinajstić information content (AvgIpc) is 3.14. The zero-order valence-electron chi connectivity index (χ0n) is 13.8. The van der Waals surface area contributed by atoms with E-state index in [1.807, 2.05) is 0 Å². The fourth-order valence-electron chi connectivity index (χ4n) is 2.79. The van der Waals surface area contributed by atoms with Crippen LogP contribution in [0.1, 0.15) is 6.92 Å². The number of nitrogens with zero attached hydrogens (tertiary/aromatic N) is 6. The number of aromatic nitrogens is 5. The van der Waals surface area contributed by atoms with E-state index in [1.165, 1.54) is 40.0 Å². The largest absolute Gasteiger partial charge is 1.00 e. The third kappa shape index (κ3) is 3.14. The van der Waals surface area contributed by atoms with Gasteiger partial charge in [-0.05, 0) is 29.5 Å². The van der Waals surface area contributed by atoms with Gasteiger partial charge < -0.3 is 15.0 Å². The van der Waals surface area contributed by atoms with Crippen molar-refractivity contribution in [1.82, 2.24) is 30.2 Å². The van der Waals surface area contributed by atoms with Crippen molar-refractivity contribution in [3.8, 4) is 0 Å². The molecule has 1 saturated heterocycles. The minimum Gasteiger partial charge on any atom is -0.543 e. The second-order valence-electron chi connectivity index (χ2n) is 5.53. The summed E-state index contributed by atoms with van der Waals surface area (Å²) in [5.74, 6) is -2.08. The standard InChI is InChI=1S/C13H12N6O4S2.Na/c1-5(20)9-11(21)18-10(13(22)23)6(25-12(9)18)4-24-8-3-2-7-14-16-17-19(7)15-8;/h2-3,5,9,12,20H,4H2,1H3,(H,22,23);/q;+1/p-1/t5-,9+,12-;/m1./s1. The first-order valence-corrected chi connectivity index (χ1v) is 9.14. The maximum Gasteiger partial charge on any atom is 1.00 e. The molecule has 4 heterocycles. The van der Waals surface area contributed by atoms with Crippen molar-refractivity contribution < 1.29 is 49.4 Å². The van der Waals surface area contributed by atoms with E-state index in [2.05, 4.69) is 20.6 Å². The SMILES string of the molecule is C[C@@H](O)[C@H]1C(=O)N2C(C(=O)[O-])=C(CSc3ccc4nnnn4n3)S[C@H]12.[Na+]. The Kier molecular flexibility index (Phi) is 5.61. The molecule has 1 N–H and O–H groups in total. The first-order chi connectivity index (χ1) is 12.0. The fraction of sp³-hybridized carbons (Fsp3) is 0.385. The molecule has 0 aromatic carbocycles. The van der Waals surface area contributed by atoms with Crippen molar-refractivity contribution in [2.45, 2.75) is 23.4 Å². The van der Waals surface area contributed by atoms with Gasteiger partial charge in [0.2, 0.25) is 5.91 Å². The van der Waals surface area contributed by atoms with Crippen LogP contribution in [0.4, 0.5) is 0 Å². The zero-order valence-corrected chi connectivity index (χ0v) is 17.4. The van der Waals surface area contributed by atoms with E-state index in [-0.39, 0.29) is 41.2 Å². The van der Waals surface area contributed by atoms with Gasteiger partial charge in [-0.3, -0.25) is 9.69 Å². The Bertz CT molecular complexity index is 919. The molecule has 13 heteroatoms. The van der Waals surface area contributed by atoms with Crippen molar-refractivity contribution >= 4 is 41.0 Å². The number of carboxylic acids is 1. The molecule has 1 fully saturated rings. The second-order valence-corrected chi connectivity index (χ2v) is 7.74. The van der Waals surface area contributed by atoms with Crippen LogP contribution in [0.2, 0.25) is 0 Å². The third-order valence-electron chi connectivity index (χ3n) is 3.96. The number of thioether (sulfide) groups is 2. The van der Waals surface area contributed by atoms with E-state index in [9.17, 15) is 19.8 Å². The van der Waals surface area contributed by atoms with Gasteiger partial charge >= 0.3 is 29.6 Å². The summed E-state index contributed by atoms with van der Waals surface area (Å²) >= 11 is 2.57. The fourth-order valence-corrected chi connectivity index (χ4v) is 5.35. The third-order valence-corrected chi connectivity index (χ3v) is 6.46. The Morgan fingerprint density at radius 3 is 2.96 bits per heavy atom. The minimum atomic E-state index is -1.40. The number of hydrogen-bond acceptors (Lipinski definition) is 10. The number of amides is 1. The number of fused-ring (bicyclic) bond motifs is 2. The Morgan fingerprint density at radius 2 is 2.27 bits per heavy atom. The monoisotopic (exact) mass is 402 g/mol. The summed E-state index contributed by atoms with van der Waals surface area (Å²) in [6.07, 6.45) is -0.833. The summed E-state index contributed by atoms with van der Waals surface area (Å²) in [5.41, 5.74) is 0.386. The molecule has 0 spiro atoms. The summed E-state index contributed by atoms with van der Waals surface area (Å²) in [6.45, 7) is 1.52. The van der Waals surface area contributed by atoms with E-state index in [0.29, 0.717) is 21.3 Å². The van der Waals surface area contributed by atoms with Gasteiger partial charge in [0.1, 0.15) is 10.4 Å². The van der Waals surface area contributed by atoms with E-state index in [4.69, 9.17) is 0 Å². The molecule has 0 unspecified atom stereocenters. The van der Waals surface area contributed by atoms with Gasteiger partial charge in [0.15, 0.2) is 5.65 Å². The van der Waals surface area contributed by atoms with Crippen LogP contribution < -0.4 is 34.7 Å². The van der Waals surface area contributed by atoms with Crippen LogP contribution in [0.25, 0.3) is 5.65 Å². The van der Waals surface area contributed by atoms with Crippen molar-refractivity contribution in [3.05, 3.63) is 22.7 Å². The quantitative estimate of drug-likeness (QED) is 0.296. The van der Waals surface area contributed by atoms with Crippen molar-refractivity contribution in [1.29, 1.82) is 0 Å². The smallest absolute Gasteiger partial charge is 0.543 e. The molecule has 0 saturated carbocycles. The molecule has 3 atom stereocenters. The van der Waals surface area contributed by atoms with E-state index < -0.39 is 23.4 Å². The van der Waals surface area contributed by atoms with Crippen molar-refractivity contribution in [2.75, 3.05) is 5.75 Å². The number of hydrogen-bond donors (Lipinski definition) is 1. The maximum atomic E-state index is 12.1. The molecule has 130 valence electrons. The number of aliphatic hydroxyl groups excluding tert-OH is 1. The molecule has 0 aliphatic carbocycles. The molecular formula is C13H11N6NaO4S2. The van der Waals surface area contributed by atoms with Gasteiger partial charge in [-0.1, -0.05) is 11.8 Å². The van der Waals surface area contributed by atoms with Gasteiger partial charge in [0.25, 0.3) is 0 Å². The average molecular weight is 402 g/mol. The second kappa shape index (κ2) is 7.44. The van der Waals surface area contributed by atoms with Crippen LogP contribution in [0.5, 0.6) is 0 Å². The molecular weight excluding hydrogens is 391 g/mol. The van der Waals surface area contributed by atoms with Gasteiger partial charge in [-0.15, -0.1) is 26.6 Å². The predicted molar refractivity (Wildman–Crippen MR) is 84.7 cm³/mol. The molecule has 1 amide bonds. The van der Waals surface area contributed by atoms with Gasteiger partial charge in [0, 0.05) is 10.7 Å². The topological polar surface area (TPSA) is 137 Å².